The standard InChI is InChI=1S/C15H24N4O2S/c16-13-5-3-4-11-8-19(9-12(11)13)22(20,21)15-10-18-7-2-1-6-14(18)17-15/h10-13H,1-9,16H2. The summed E-state index contributed by atoms with van der Waals surface area (Å²) in [4.78, 5) is 4.41. The zero-order chi connectivity index (χ0) is 15.3. The minimum atomic E-state index is -3.47. The smallest absolute Gasteiger partial charge is 0.262 e. The third-order valence-electron chi connectivity index (χ3n) is 5.61. The number of aryl methyl sites for hydroxylation is 2. The van der Waals surface area contributed by atoms with E-state index in [1.165, 1.54) is 0 Å². The molecule has 1 saturated heterocycles. The minimum absolute atomic E-state index is 0.147. The van der Waals surface area contributed by atoms with Crippen LogP contribution in [0.5, 0.6) is 0 Å². The van der Waals surface area contributed by atoms with Crippen molar-refractivity contribution in [3.8, 4) is 0 Å². The zero-order valence-corrected chi connectivity index (χ0v) is 13.6. The fourth-order valence-electron chi connectivity index (χ4n) is 4.32. The summed E-state index contributed by atoms with van der Waals surface area (Å²) in [5, 5.41) is 0.233. The van der Waals surface area contributed by atoms with E-state index in [-0.39, 0.29) is 11.1 Å². The van der Waals surface area contributed by atoms with E-state index in [0.29, 0.717) is 24.9 Å². The van der Waals surface area contributed by atoms with E-state index >= 15 is 0 Å². The van der Waals surface area contributed by atoms with Gasteiger partial charge in [-0.25, -0.2) is 13.4 Å². The molecule has 0 aromatic carbocycles. The molecule has 3 atom stereocenters. The van der Waals surface area contributed by atoms with Crippen LogP contribution >= 0.6 is 0 Å². The predicted molar refractivity (Wildman–Crippen MR) is 82.7 cm³/mol. The van der Waals surface area contributed by atoms with Gasteiger partial charge in [-0.1, -0.05) is 6.42 Å². The molecule has 0 radical (unpaired) electrons. The number of fused-ring (bicyclic) bond motifs is 2. The van der Waals surface area contributed by atoms with Crippen LogP contribution < -0.4 is 5.73 Å². The fraction of sp³-hybridized carbons (Fsp3) is 0.800. The van der Waals surface area contributed by atoms with E-state index in [2.05, 4.69) is 4.98 Å². The van der Waals surface area contributed by atoms with E-state index in [4.69, 9.17) is 5.73 Å². The number of hydrogen-bond acceptors (Lipinski definition) is 4. The molecule has 3 heterocycles. The van der Waals surface area contributed by atoms with Crippen LogP contribution in [-0.2, 0) is 23.0 Å². The quantitative estimate of drug-likeness (QED) is 0.879. The molecule has 4 rings (SSSR count). The van der Waals surface area contributed by atoms with Crippen LogP contribution in [0.3, 0.4) is 0 Å². The van der Waals surface area contributed by atoms with E-state index in [1.54, 1.807) is 10.5 Å². The van der Waals surface area contributed by atoms with Gasteiger partial charge in [0.2, 0.25) is 0 Å². The summed E-state index contributed by atoms with van der Waals surface area (Å²) >= 11 is 0. The first kappa shape index (κ1) is 14.7. The summed E-state index contributed by atoms with van der Waals surface area (Å²) in [6.45, 7) is 2.06. The lowest BCUT2D eigenvalue weighted by Crippen LogP contribution is -2.38. The normalized spacial score (nSPS) is 32.7. The van der Waals surface area contributed by atoms with Crippen LogP contribution in [0.4, 0.5) is 0 Å². The van der Waals surface area contributed by atoms with Gasteiger partial charge in [-0.15, -0.1) is 0 Å². The highest BCUT2D eigenvalue weighted by Crippen LogP contribution is 2.37. The predicted octanol–water partition coefficient (Wildman–Crippen LogP) is 0.967. The molecule has 0 bridgehead atoms. The van der Waals surface area contributed by atoms with Crippen molar-refractivity contribution in [2.24, 2.45) is 17.6 Å². The number of nitrogens with zero attached hydrogens (tertiary/aromatic N) is 3. The summed E-state index contributed by atoms with van der Waals surface area (Å²) in [6, 6.07) is 0.147. The Morgan fingerprint density at radius 2 is 2.05 bits per heavy atom. The second-order valence-corrected chi connectivity index (χ2v) is 8.87. The molecule has 7 heteroatoms. The first-order valence-corrected chi connectivity index (χ1v) is 9.81. The van der Waals surface area contributed by atoms with Crippen molar-refractivity contribution in [2.75, 3.05) is 13.1 Å². The minimum Gasteiger partial charge on any atom is -0.333 e. The molecule has 0 spiro atoms. The second-order valence-electron chi connectivity index (χ2n) is 6.99. The topological polar surface area (TPSA) is 81.2 Å². The van der Waals surface area contributed by atoms with Gasteiger partial charge in [0.25, 0.3) is 10.0 Å². The Balaban J connectivity index is 1.60. The molecule has 2 fully saturated rings. The van der Waals surface area contributed by atoms with Crippen LogP contribution in [0, 0.1) is 11.8 Å². The van der Waals surface area contributed by atoms with Crippen LogP contribution in [0.1, 0.15) is 37.9 Å². The molecule has 6 nitrogen and oxygen atoms in total. The van der Waals surface area contributed by atoms with E-state index in [1.807, 2.05) is 4.57 Å². The average Bonchev–Trinajstić information content (AvgIpc) is 3.12. The Bertz CT molecular complexity index is 646. The first-order chi connectivity index (χ1) is 10.6. The van der Waals surface area contributed by atoms with Gasteiger partial charge >= 0.3 is 0 Å². The van der Waals surface area contributed by atoms with Gasteiger partial charge in [0.05, 0.1) is 0 Å². The second kappa shape index (κ2) is 5.32. The van der Waals surface area contributed by atoms with Crippen molar-refractivity contribution >= 4 is 10.0 Å². The van der Waals surface area contributed by atoms with Gasteiger partial charge in [-0.05, 0) is 37.5 Å². The third kappa shape index (κ3) is 2.30. The Kier molecular flexibility index (Phi) is 3.54. The highest BCUT2D eigenvalue weighted by Gasteiger charge is 2.44. The lowest BCUT2D eigenvalue weighted by atomic mass is 9.78. The SMILES string of the molecule is NC1CCCC2CN(S(=O)(=O)c3cn4c(n3)CCCC4)CC12. The average molecular weight is 324 g/mol. The maximum Gasteiger partial charge on any atom is 0.262 e. The summed E-state index contributed by atoms with van der Waals surface area (Å²) in [7, 11) is -3.47. The molecule has 1 aromatic rings. The van der Waals surface area contributed by atoms with Crippen LogP contribution in [0.15, 0.2) is 11.2 Å². The van der Waals surface area contributed by atoms with E-state index in [0.717, 1.165) is 50.9 Å². The molecular weight excluding hydrogens is 300 g/mol. The van der Waals surface area contributed by atoms with Gasteiger partial charge in [0, 0.05) is 38.3 Å². The molecule has 122 valence electrons. The van der Waals surface area contributed by atoms with Crippen molar-refractivity contribution in [3.63, 3.8) is 0 Å². The number of sulfonamides is 1. The fourth-order valence-corrected chi connectivity index (χ4v) is 5.82. The summed E-state index contributed by atoms with van der Waals surface area (Å²) in [5.74, 6) is 1.66. The Labute approximate surface area is 131 Å². The molecule has 1 aromatic heterocycles. The van der Waals surface area contributed by atoms with Gasteiger partial charge in [-0.2, -0.15) is 4.31 Å². The molecule has 3 aliphatic rings. The number of aromatic nitrogens is 2. The summed E-state index contributed by atoms with van der Waals surface area (Å²) in [6.07, 6.45) is 8.05. The molecule has 2 N–H and O–H groups in total. The Morgan fingerprint density at radius 3 is 2.82 bits per heavy atom. The van der Waals surface area contributed by atoms with Gasteiger partial charge < -0.3 is 10.3 Å². The molecule has 3 unspecified atom stereocenters. The number of nitrogens with two attached hydrogens (primary N) is 1. The summed E-state index contributed by atoms with van der Waals surface area (Å²) in [5.41, 5.74) is 6.20. The van der Waals surface area contributed by atoms with Gasteiger partial charge in [-0.3, -0.25) is 0 Å². The Hall–Kier alpha value is -0.920. The van der Waals surface area contributed by atoms with Crippen LogP contribution in [-0.4, -0.2) is 41.4 Å². The van der Waals surface area contributed by atoms with Crippen LogP contribution in [0.25, 0.3) is 0 Å². The number of rotatable bonds is 2. The third-order valence-corrected chi connectivity index (χ3v) is 7.31. The van der Waals surface area contributed by atoms with E-state index < -0.39 is 10.0 Å². The zero-order valence-electron chi connectivity index (χ0n) is 12.8. The maximum absolute atomic E-state index is 12.9. The molecule has 2 aliphatic heterocycles. The molecule has 1 saturated carbocycles. The Morgan fingerprint density at radius 1 is 1.18 bits per heavy atom. The lowest BCUT2D eigenvalue weighted by Gasteiger charge is -2.29. The summed E-state index contributed by atoms with van der Waals surface area (Å²) < 4.78 is 29.5. The largest absolute Gasteiger partial charge is 0.333 e. The highest BCUT2D eigenvalue weighted by molar-refractivity contribution is 7.89. The van der Waals surface area contributed by atoms with Crippen molar-refractivity contribution in [3.05, 3.63) is 12.0 Å². The van der Waals surface area contributed by atoms with Gasteiger partial charge in [0.15, 0.2) is 5.03 Å². The molecular formula is C15H24N4O2S. The van der Waals surface area contributed by atoms with Crippen molar-refractivity contribution < 1.29 is 8.42 Å². The number of imidazole rings is 1. The van der Waals surface area contributed by atoms with Gasteiger partial charge in [0.1, 0.15) is 5.82 Å². The first-order valence-electron chi connectivity index (χ1n) is 8.37. The van der Waals surface area contributed by atoms with Crippen molar-refractivity contribution in [1.29, 1.82) is 0 Å². The molecule has 1 aliphatic carbocycles. The maximum atomic E-state index is 12.9. The lowest BCUT2D eigenvalue weighted by molar-refractivity contribution is 0.260. The molecule has 0 amide bonds. The molecule has 22 heavy (non-hydrogen) atoms. The highest BCUT2D eigenvalue weighted by atomic mass is 32.2. The van der Waals surface area contributed by atoms with Crippen molar-refractivity contribution in [1.82, 2.24) is 13.9 Å². The van der Waals surface area contributed by atoms with E-state index in [9.17, 15) is 8.42 Å². The number of hydrogen-bond donors (Lipinski definition) is 1. The monoisotopic (exact) mass is 324 g/mol. The van der Waals surface area contributed by atoms with Crippen LogP contribution in [0.2, 0.25) is 0 Å². The van der Waals surface area contributed by atoms with Crippen molar-refractivity contribution in [2.45, 2.75) is 56.1 Å².